The Morgan fingerprint density at radius 2 is 2.13 bits per heavy atom. The van der Waals surface area contributed by atoms with Crippen molar-refractivity contribution in [3.8, 4) is 5.75 Å². The number of benzene rings is 1. The van der Waals surface area contributed by atoms with Gasteiger partial charge < -0.3 is 19.8 Å². The number of aryl methyl sites for hydroxylation is 1. The Morgan fingerprint density at radius 1 is 1.22 bits per heavy atom. The highest BCUT2D eigenvalue weighted by Crippen LogP contribution is 2.13. The number of hydrogen-bond donors (Lipinski definition) is 2. The largest absolute Gasteiger partial charge is 0.497 e. The van der Waals surface area contributed by atoms with Crippen molar-refractivity contribution in [1.29, 1.82) is 0 Å². The number of ether oxygens (including phenoxy) is 1. The van der Waals surface area contributed by atoms with E-state index in [9.17, 15) is 0 Å². The maximum Gasteiger partial charge on any atom is 0.191 e. The average molecular weight is 315 g/mol. The molecule has 0 amide bonds. The van der Waals surface area contributed by atoms with Crippen molar-refractivity contribution in [3.05, 3.63) is 54.0 Å². The molecule has 0 saturated heterocycles. The molecule has 0 aliphatic heterocycles. The van der Waals surface area contributed by atoms with Gasteiger partial charge in [-0.3, -0.25) is 0 Å². The van der Waals surface area contributed by atoms with Crippen LogP contribution in [0.5, 0.6) is 5.75 Å². The van der Waals surface area contributed by atoms with Crippen LogP contribution in [0.15, 0.2) is 52.1 Å². The summed E-state index contributed by atoms with van der Waals surface area (Å²) < 4.78 is 10.5. The first kappa shape index (κ1) is 16.9. The SMILES string of the molecule is CCNC(=NCc1ccco1)NCCCc1cccc(OC)c1. The molecule has 23 heavy (non-hydrogen) atoms. The molecule has 1 aromatic heterocycles. The van der Waals surface area contributed by atoms with Crippen LogP contribution in [0.4, 0.5) is 0 Å². The van der Waals surface area contributed by atoms with Crippen LogP contribution in [0, 0.1) is 0 Å². The zero-order valence-corrected chi connectivity index (χ0v) is 13.8. The molecule has 124 valence electrons. The Balaban J connectivity index is 1.76. The number of aliphatic imine (C=N–C) groups is 1. The zero-order chi connectivity index (χ0) is 16.3. The van der Waals surface area contributed by atoms with E-state index in [0.29, 0.717) is 6.54 Å². The van der Waals surface area contributed by atoms with Crippen molar-refractivity contribution in [2.24, 2.45) is 4.99 Å². The fourth-order valence-electron chi connectivity index (χ4n) is 2.23. The van der Waals surface area contributed by atoms with Crippen molar-refractivity contribution in [1.82, 2.24) is 10.6 Å². The van der Waals surface area contributed by atoms with E-state index in [1.165, 1.54) is 5.56 Å². The fourth-order valence-corrected chi connectivity index (χ4v) is 2.23. The minimum Gasteiger partial charge on any atom is -0.497 e. The van der Waals surface area contributed by atoms with E-state index in [0.717, 1.165) is 43.4 Å². The molecule has 0 fully saturated rings. The Bertz CT molecular complexity index is 594. The fraction of sp³-hybridized carbons (Fsp3) is 0.389. The summed E-state index contributed by atoms with van der Waals surface area (Å²) in [5.41, 5.74) is 1.28. The molecule has 0 saturated carbocycles. The van der Waals surface area contributed by atoms with Gasteiger partial charge in [-0.05, 0) is 49.6 Å². The summed E-state index contributed by atoms with van der Waals surface area (Å²) in [5.74, 6) is 2.58. The van der Waals surface area contributed by atoms with Gasteiger partial charge in [0.2, 0.25) is 0 Å². The van der Waals surface area contributed by atoms with Crippen molar-refractivity contribution >= 4 is 5.96 Å². The third-order valence-corrected chi connectivity index (χ3v) is 3.39. The van der Waals surface area contributed by atoms with Gasteiger partial charge >= 0.3 is 0 Å². The molecular weight excluding hydrogens is 290 g/mol. The first-order valence-electron chi connectivity index (χ1n) is 7.99. The second-order valence-corrected chi connectivity index (χ2v) is 5.16. The van der Waals surface area contributed by atoms with Crippen LogP contribution in [-0.2, 0) is 13.0 Å². The van der Waals surface area contributed by atoms with Crippen molar-refractivity contribution < 1.29 is 9.15 Å². The zero-order valence-electron chi connectivity index (χ0n) is 13.8. The molecule has 0 bridgehead atoms. The van der Waals surface area contributed by atoms with Crippen LogP contribution < -0.4 is 15.4 Å². The summed E-state index contributed by atoms with van der Waals surface area (Å²) in [7, 11) is 1.69. The van der Waals surface area contributed by atoms with E-state index >= 15 is 0 Å². The maximum atomic E-state index is 5.29. The molecular formula is C18H25N3O2. The first-order valence-corrected chi connectivity index (χ1v) is 7.99. The maximum absolute atomic E-state index is 5.29. The number of methoxy groups -OCH3 is 1. The molecule has 0 atom stereocenters. The van der Waals surface area contributed by atoms with Crippen LogP contribution in [0.25, 0.3) is 0 Å². The standard InChI is InChI=1S/C18H25N3O2/c1-3-19-18(21-14-17-10-6-12-23-17)20-11-5-8-15-7-4-9-16(13-15)22-2/h4,6-7,9-10,12-13H,3,5,8,11,14H2,1-2H3,(H2,19,20,21). The number of nitrogens with zero attached hydrogens (tertiary/aromatic N) is 1. The van der Waals surface area contributed by atoms with E-state index in [2.05, 4.69) is 34.7 Å². The lowest BCUT2D eigenvalue weighted by atomic mass is 10.1. The number of guanidine groups is 1. The topological polar surface area (TPSA) is 58.8 Å². The second-order valence-electron chi connectivity index (χ2n) is 5.16. The lowest BCUT2D eigenvalue weighted by Crippen LogP contribution is -2.37. The lowest BCUT2D eigenvalue weighted by molar-refractivity contribution is 0.414. The average Bonchev–Trinajstić information content (AvgIpc) is 3.10. The summed E-state index contributed by atoms with van der Waals surface area (Å²) in [6.45, 7) is 4.29. The molecule has 5 heteroatoms. The van der Waals surface area contributed by atoms with Gasteiger partial charge in [-0.15, -0.1) is 0 Å². The Morgan fingerprint density at radius 3 is 2.87 bits per heavy atom. The number of hydrogen-bond acceptors (Lipinski definition) is 3. The lowest BCUT2D eigenvalue weighted by Gasteiger charge is -2.11. The normalized spacial score (nSPS) is 11.3. The summed E-state index contributed by atoms with van der Waals surface area (Å²) in [4.78, 5) is 4.51. The van der Waals surface area contributed by atoms with Crippen LogP contribution in [-0.4, -0.2) is 26.2 Å². The van der Waals surface area contributed by atoms with Crippen LogP contribution in [0.1, 0.15) is 24.7 Å². The molecule has 0 spiro atoms. The Labute approximate surface area is 137 Å². The summed E-state index contributed by atoms with van der Waals surface area (Å²) in [5, 5.41) is 6.59. The van der Waals surface area contributed by atoms with Crippen molar-refractivity contribution in [2.75, 3.05) is 20.2 Å². The minimum absolute atomic E-state index is 0.540. The van der Waals surface area contributed by atoms with Gasteiger partial charge in [-0.25, -0.2) is 4.99 Å². The monoisotopic (exact) mass is 315 g/mol. The number of nitrogens with one attached hydrogen (secondary N) is 2. The van der Waals surface area contributed by atoms with E-state index in [1.54, 1.807) is 13.4 Å². The summed E-state index contributed by atoms with van der Waals surface area (Å²) in [6, 6.07) is 12.0. The Hall–Kier alpha value is -2.43. The van der Waals surface area contributed by atoms with Gasteiger partial charge in [0.1, 0.15) is 18.1 Å². The van der Waals surface area contributed by atoms with Gasteiger partial charge in [0.05, 0.1) is 13.4 Å². The predicted molar refractivity (Wildman–Crippen MR) is 92.8 cm³/mol. The predicted octanol–water partition coefficient (Wildman–Crippen LogP) is 2.98. The highest BCUT2D eigenvalue weighted by Gasteiger charge is 2.00. The van der Waals surface area contributed by atoms with Gasteiger partial charge in [-0.2, -0.15) is 0 Å². The van der Waals surface area contributed by atoms with Crippen LogP contribution in [0.2, 0.25) is 0 Å². The summed E-state index contributed by atoms with van der Waals surface area (Å²) >= 11 is 0. The van der Waals surface area contributed by atoms with Gasteiger partial charge in [-0.1, -0.05) is 12.1 Å². The first-order chi connectivity index (χ1) is 11.3. The molecule has 1 aromatic carbocycles. The third-order valence-electron chi connectivity index (χ3n) is 3.39. The molecule has 2 N–H and O–H groups in total. The molecule has 1 heterocycles. The smallest absolute Gasteiger partial charge is 0.191 e. The molecule has 5 nitrogen and oxygen atoms in total. The molecule has 0 aliphatic carbocycles. The molecule has 2 rings (SSSR count). The van der Waals surface area contributed by atoms with Gasteiger partial charge in [0.25, 0.3) is 0 Å². The van der Waals surface area contributed by atoms with Crippen molar-refractivity contribution in [2.45, 2.75) is 26.3 Å². The van der Waals surface area contributed by atoms with E-state index in [-0.39, 0.29) is 0 Å². The quantitative estimate of drug-likeness (QED) is 0.447. The highest BCUT2D eigenvalue weighted by molar-refractivity contribution is 5.79. The van der Waals surface area contributed by atoms with Crippen LogP contribution >= 0.6 is 0 Å². The molecule has 0 radical (unpaired) electrons. The van der Waals surface area contributed by atoms with Crippen LogP contribution in [0.3, 0.4) is 0 Å². The Kier molecular flexibility index (Phi) is 7.04. The highest BCUT2D eigenvalue weighted by atomic mass is 16.5. The minimum atomic E-state index is 0.540. The summed E-state index contributed by atoms with van der Waals surface area (Å²) in [6.07, 6.45) is 3.69. The van der Waals surface area contributed by atoms with Gasteiger partial charge in [0, 0.05) is 13.1 Å². The molecule has 2 aromatic rings. The number of rotatable bonds is 8. The van der Waals surface area contributed by atoms with E-state index in [4.69, 9.17) is 9.15 Å². The molecule has 0 unspecified atom stereocenters. The second kappa shape index (κ2) is 9.56. The molecule has 0 aliphatic rings. The van der Waals surface area contributed by atoms with Crippen molar-refractivity contribution in [3.63, 3.8) is 0 Å². The number of furan rings is 1. The third kappa shape index (κ3) is 6.06. The van der Waals surface area contributed by atoms with E-state index in [1.807, 2.05) is 24.3 Å². The van der Waals surface area contributed by atoms with Gasteiger partial charge in [0.15, 0.2) is 5.96 Å². The van der Waals surface area contributed by atoms with E-state index < -0.39 is 0 Å².